The summed E-state index contributed by atoms with van der Waals surface area (Å²) in [6.07, 6.45) is 3.30. The first-order chi connectivity index (χ1) is 11.6. The van der Waals surface area contributed by atoms with Crippen LogP contribution in [0.1, 0.15) is 10.4 Å². The van der Waals surface area contributed by atoms with Gasteiger partial charge in [0.1, 0.15) is 5.82 Å². The summed E-state index contributed by atoms with van der Waals surface area (Å²) in [5, 5.41) is 15.0. The zero-order valence-electron chi connectivity index (χ0n) is 12.3. The average molecular weight is 386 g/mol. The number of aromatic carboxylic acids is 1. The molecule has 0 bridgehead atoms. The first-order valence-electron chi connectivity index (χ1n) is 6.93. The molecule has 120 valence electrons. The molecule has 2 aromatic heterocycles. The SMILES string of the molecule is O=C(O)c1ccc(Nc2ncc(Br)c(Nc3ccccn3)n2)cc1. The molecule has 0 amide bonds. The number of halogens is 1. The molecule has 0 unspecified atom stereocenters. The molecule has 0 atom stereocenters. The van der Waals surface area contributed by atoms with E-state index in [4.69, 9.17) is 5.11 Å². The molecule has 0 aliphatic heterocycles. The first-order valence-corrected chi connectivity index (χ1v) is 7.72. The van der Waals surface area contributed by atoms with Gasteiger partial charge in [-0.25, -0.2) is 14.8 Å². The van der Waals surface area contributed by atoms with Crippen molar-refractivity contribution in [3.63, 3.8) is 0 Å². The summed E-state index contributed by atoms with van der Waals surface area (Å²) >= 11 is 3.39. The van der Waals surface area contributed by atoms with Gasteiger partial charge in [-0.3, -0.25) is 0 Å². The van der Waals surface area contributed by atoms with Crippen LogP contribution in [-0.4, -0.2) is 26.0 Å². The maximum absolute atomic E-state index is 10.9. The second-order valence-electron chi connectivity index (χ2n) is 4.74. The van der Waals surface area contributed by atoms with Gasteiger partial charge in [0.25, 0.3) is 0 Å². The van der Waals surface area contributed by atoms with E-state index in [0.717, 1.165) is 0 Å². The lowest BCUT2D eigenvalue weighted by Crippen LogP contribution is -2.02. The Morgan fingerprint density at radius 2 is 1.83 bits per heavy atom. The minimum atomic E-state index is -0.969. The number of carboxylic acids is 1. The minimum Gasteiger partial charge on any atom is -0.478 e. The second-order valence-corrected chi connectivity index (χ2v) is 5.59. The molecule has 1 aromatic carbocycles. The largest absolute Gasteiger partial charge is 0.478 e. The number of nitrogens with zero attached hydrogens (tertiary/aromatic N) is 3. The van der Waals surface area contributed by atoms with Crippen LogP contribution in [0.5, 0.6) is 0 Å². The van der Waals surface area contributed by atoms with E-state index < -0.39 is 5.97 Å². The Hall–Kier alpha value is -3.00. The number of carbonyl (C=O) groups is 1. The summed E-state index contributed by atoms with van der Waals surface area (Å²) in [6.45, 7) is 0. The van der Waals surface area contributed by atoms with Crippen molar-refractivity contribution in [1.29, 1.82) is 0 Å². The highest BCUT2D eigenvalue weighted by molar-refractivity contribution is 9.10. The molecule has 0 aliphatic rings. The van der Waals surface area contributed by atoms with Crippen molar-refractivity contribution in [3.05, 3.63) is 64.9 Å². The Balaban J connectivity index is 1.79. The van der Waals surface area contributed by atoms with Gasteiger partial charge in [0.2, 0.25) is 5.95 Å². The average Bonchev–Trinajstić information content (AvgIpc) is 2.59. The maximum Gasteiger partial charge on any atom is 0.335 e. The van der Waals surface area contributed by atoms with E-state index in [0.29, 0.717) is 27.7 Å². The summed E-state index contributed by atoms with van der Waals surface area (Å²) in [5.74, 6) is 0.630. The molecule has 3 N–H and O–H groups in total. The van der Waals surface area contributed by atoms with Gasteiger partial charge < -0.3 is 15.7 Å². The molecule has 24 heavy (non-hydrogen) atoms. The third kappa shape index (κ3) is 3.85. The Bertz CT molecular complexity index is 856. The standard InChI is InChI=1S/C16H12BrN5O2/c17-12-9-19-16(20-11-6-4-10(5-7-11)15(23)24)22-14(12)21-13-3-1-2-8-18-13/h1-9H,(H,23,24)(H2,18,19,20,21,22). The highest BCUT2D eigenvalue weighted by Gasteiger charge is 2.07. The van der Waals surface area contributed by atoms with E-state index in [1.54, 1.807) is 24.5 Å². The maximum atomic E-state index is 10.9. The van der Waals surface area contributed by atoms with Crippen molar-refractivity contribution < 1.29 is 9.90 Å². The predicted octanol–water partition coefficient (Wildman–Crippen LogP) is 3.82. The van der Waals surface area contributed by atoms with Crippen molar-refractivity contribution in [1.82, 2.24) is 15.0 Å². The first kappa shape index (κ1) is 15.9. The highest BCUT2D eigenvalue weighted by atomic mass is 79.9. The summed E-state index contributed by atoms with van der Waals surface area (Å²) in [5.41, 5.74) is 0.904. The number of nitrogens with one attached hydrogen (secondary N) is 2. The van der Waals surface area contributed by atoms with Gasteiger partial charge in [-0.05, 0) is 52.3 Å². The molecule has 0 radical (unpaired) electrons. The van der Waals surface area contributed by atoms with Gasteiger partial charge in [0, 0.05) is 18.1 Å². The third-order valence-corrected chi connectivity index (χ3v) is 3.62. The molecular formula is C16H12BrN5O2. The highest BCUT2D eigenvalue weighted by Crippen LogP contribution is 2.24. The van der Waals surface area contributed by atoms with Crippen molar-refractivity contribution in [3.8, 4) is 0 Å². The number of hydrogen-bond acceptors (Lipinski definition) is 6. The Morgan fingerprint density at radius 1 is 1.04 bits per heavy atom. The Labute approximate surface area is 145 Å². The number of benzene rings is 1. The van der Waals surface area contributed by atoms with Crippen LogP contribution in [-0.2, 0) is 0 Å². The number of carboxylic acid groups (broad SMARTS) is 1. The van der Waals surface area contributed by atoms with Gasteiger partial charge >= 0.3 is 5.97 Å². The quantitative estimate of drug-likeness (QED) is 0.613. The lowest BCUT2D eigenvalue weighted by molar-refractivity contribution is 0.0697. The van der Waals surface area contributed by atoms with E-state index in [1.165, 1.54) is 12.1 Å². The molecule has 8 heteroatoms. The van der Waals surface area contributed by atoms with Gasteiger partial charge in [-0.15, -0.1) is 0 Å². The van der Waals surface area contributed by atoms with E-state index in [9.17, 15) is 4.79 Å². The van der Waals surface area contributed by atoms with E-state index in [1.807, 2.05) is 18.2 Å². The summed E-state index contributed by atoms with van der Waals surface area (Å²) in [4.78, 5) is 23.6. The molecule has 0 aliphatic carbocycles. The third-order valence-electron chi connectivity index (χ3n) is 3.04. The van der Waals surface area contributed by atoms with E-state index >= 15 is 0 Å². The summed E-state index contributed by atoms with van der Waals surface area (Å²) in [6, 6.07) is 11.8. The summed E-state index contributed by atoms with van der Waals surface area (Å²) < 4.78 is 0.694. The number of rotatable bonds is 5. The number of pyridine rings is 1. The van der Waals surface area contributed by atoms with E-state index in [2.05, 4.69) is 41.5 Å². The van der Waals surface area contributed by atoms with Crippen LogP contribution in [0, 0.1) is 0 Å². The van der Waals surface area contributed by atoms with Crippen molar-refractivity contribution in [2.45, 2.75) is 0 Å². The molecule has 0 fully saturated rings. The van der Waals surface area contributed by atoms with E-state index in [-0.39, 0.29) is 5.56 Å². The lowest BCUT2D eigenvalue weighted by atomic mass is 10.2. The van der Waals surface area contributed by atoms with Crippen LogP contribution in [0.4, 0.5) is 23.3 Å². The van der Waals surface area contributed by atoms with Crippen molar-refractivity contribution >= 4 is 45.2 Å². The molecule has 3 rings (SSSR count). The van der Waals surface area contributed by atoms with Gasteiger partial charge in [-0.2, -0.15) is 4.98 Å². The van der Waals surface area contributed by atoms with Crippen LogP contribution in [0.15, 0.2) is 59.3 Å². The normalized spacial score (nSPS) is 10.2. The molecule has 2 heterocycles. The zero-order chi connectivity index (χ0) is 16.9. The van der Waals surface area contributed by atoms with Crippen LogP contribution < -0.4 is 10.6 Å². The van der Waals surface area contributed by atoms with Crippen LogP contribution >= 0.6 is 15.9 Å². The predicted molar refractivity (Wildman–Crippen MR) is 93.9 cm³/mol. The molecule has 0 spiro atoms. The Kier molecular flexibility index (Phi) is 4.66. The smallest absolute Gasteiger partial charge is 0.335 e. The fourth-order valence-corrected chi connectivity index (χ4v) is 2.19. The topological polar surface area (TPSA) is 100 Å². The minimum absolute atomic E-state index is 0.217. The monoisotopic (exact) mass is 385 g/mol. The van der Waals surface area contributed by atoms with Gasteiger partial charge in [0.15, 0.2) is 5.82 Å². The number of anilines is 4. The Morgan fingerprint density at radius 3 is 2.50 bits per heavy atom. The van der Waals surface area contributed by atoms with Crippen molar-refractivity contribution in [2.75, 3.05) is 10.6 Å². The van der Waals surface area contributed by atoms with Gasteiger partial charge in [-0.1, -0.05) is 6.07 Å². The fourth-order valence-electron chi connectivity index (χ4n) is 1.90. The lowest BCUT2D eigenvalue weighted by Gasteiger charge is -2.09. The second kappa shape index (κ2) is 7.05. The van der Waals surface area contributed by atoms with Crippen LogP contribution in [0.2, 0.25) is 0 Å². The summed E-state index contributed by atoms with van der Waals surface area (Å²) in [7, 11) is 0. The molecule has 0 saturated carbocycles. The zero-order valence-corrected chi connectivity index (χ0v) is 13.9. The van der Waals surface area contributed by atoms with Crippen LogP contribution in [0.3, 0.4) is 0 Å². The van der Waals surface area contributed by atoms with Crippen molar-refractivity contribution in [2.24, 2.45) is 0 Å². The molecule has 7 nitrogen and oxygen atoms in total. The number of aromatic nitrogens is 3. The number of hydrogen-bond donors (Lipinski definition) is 3. The molecular weight excluding hydrogens is 374 g/mol. The molecule has 3 aromatic rings. The van der Waals surface area contributed by atoms with Crippen LogP contribution in [0.25, 0.3) is 0 Å². The van der Waals surface area contributed by atoms with Gasteiger partial charge in [0.05, 0.1) is 10.0 Å². The molecule has 0 saturated heterocycles. The fraction of sp³-hybridized carbons (Fsp3) is 0.